The van der Waals surface area contributed by atoms with Gasteiger partial charge in [-0.2, -0.15) is 5.10 Å². The Labute approximate surface area is 94.2 Å². The lowest BCUT2D eigenvalue weighted by Crippen LogP contribution is -2.44. The molecular weight excluding hydrogens is 206 g/mol. The molecular formula is C10H17N5O. The molecule has 1 aliphatic carbocycles. The summed E-state index contributed by atoms with van der Waals surface area (Å²) in [4.78, 5) is 15.4. The first-order valence-corrected chi connectivity index (χ1v) is 5.51. The van der Waals surface area contributed by atoms with Gasteiger partial charge in [-0.1, -0.05) is 0 Å². The van der Waals surface area contributed by atoms with Crippen LogP contribution in [0.5, 0.6) is 0 Å². The molecule has 2 atom stereocenters. The van der Waals surface area contributed by atoms with Crippen molar-refractivity contribution in [3.63, 3.8) is 0 Å². The number of carbonyl (C=O) groups excluding carboxylic acids is 1. The van der Waals surface area contributed by atoms with E-state index in [9.17, 15) is 4.79 Å². The summed E-state index contributed by atoms with van der Waals surface area (Å²) in [6.07, 6.45) is 4.01. The molecule has 1 aromatic heterocycles. The Morgan fingerprint density at radius 3 is 2.88 bits per heavy atom. The molecule has 6 nitrogen and oxygen atoms in total. The third-order valence-electron chi connectivity index (χ3n) is 2.99. The van der Waals surface area contributed by atoms with Gasteiger partial charge in [-0.3, -0.25) is 4.79 Å². The van der Waals surface area contributed by atoms with Crippen LogP contribution in [0.25, 0.3) is 0 Å². The third-order valence-corrected chi connectivity index (χ3v) is 2.99. The SMILES string of the molecule is CNC(C(N)=O)C(C)n1cnc(C2CC2)n1. The van der Waals surface area contributed by atoms with Crippen LogP contribution in [0.1, 0.15) is 37.5 Å². The molecule has 1 fully saturated rings. The average molecular weight is 223 g/mol. The van der Waals surface area contributed by atoms with Gasteiger partial charge in [-0.05, 0) is 26.8 Å². The molecule has 1 amide bonds. The zero-order valence-corrected chi connectivity index (χ0v) is 9.55. The molecule has 0 aromatic carbocycles. The van der Waals surface area contributed by atoms with Crippen LogP contribution in [0.3, 0.4) is 0 Å². The van der Waals surface area contributed by atoms with Gasteiger partial charge in [0.25, 0.3) is 0 Å². The molecule has 88 valence electrons. The summed E-state index contributed by atoms with van der Waals surface area (Å²) in [6, 6.07) is -0.545. The summed E-state index contributed by atoms with van der Waals surface area (Å²) >= 11 is 0. The highest BCUT2D eigenvalue weighted by molar-refractivity contribution is 5.80. The molecule has 0 radical (unpaired) electrons. The van der Waals surface area contributed by atoms with Crippen LogP contribution in [0.2, 0.25) is 0 Å². The number of hydrogen-bond donors (Lipinski definition) is 2. The summed E-state index contributed by atoms with van der Waals surface area (Å²) in [7, 11) is 1.71. The summed E-state index contributed by atoms with van der Waals surface area (Å²) in [5.41, 5.74) is 5.30. The van der Waals surface area contributed by atoms with Crippen LogP contribution in [0.4, 0.5) is 0 Å². The Hall–Kier alpha value is -1.43. The second-order valence-corrected chi connectivity index (χ2v) is 4.27. The highest BCUT2D eigenvalue weighted by Gasteiger charge is 2.29. The summed E-state index contributed by atoms with van der Waals surface area (Å²) in [5.74, 6) is 1.03. The van der Waals surface area contributed by atoms with Crippen molar-refractivity contribution < 1.29 is 4.79 Å². The molecule has 1 saturated carbocycles. The molecule has 6 heteroatoms. The largest absolute Gasteiger partial charge is 0.368 e. The number of hydrogen-bond acceptors (Lipinski definition) is 4. The summed E-state index contributed by atoms with van der Waals surface area (Å²) in [6.45, 7) is 1.90. The van der Waals surface area contributed by atoms with Crippen molar-refractivity contribution in [2.45, 2.75) is 37.8 Å². The first kappa shape index (κ1) is 11.1. The van der Waals surface area contributed by atoms with E-state index in [4.69, 9.17) is 5.73 Å². The fraction of sp³-hybridized carbons (Fsp3) is 0.700. The van der Waals surface area contributed by atoms with E-state index in [-0.39, 0.29) is 11.9 Å². The number of amides is 1. The number of likely N-dealkylation sites (N-methyl/N-ethyl adjacent to an activating group) is 1. The van der Waals surface area contributed by atoms with E-state index < -0.39 is 6.04 Å². The summed E-state index contributed by atoms with van der Waals surface area (Å²) in [5, 5.41) is 7.27. The van der Waals surface area contributed by atoms with Gasteiger partial charge in [0.1, 0.15) is 12.4 Å². The van der Waals surface area contributed by atoms with Gasteiger partial charge in [0.15, 0.2) is 5.82 Å². The van der Waals surface area contributed by atoms with Crippen LogP contribution in [0.15, 0.2) is 6.33 Å². The number of nitrogens with zero attached hydrogens (tertiary/aromatic N) is 3. The van der Waals surface area contributed by atoms with Crippen molar-refractivity contribution in [2.75, 3.05) is 7.05 Å². The van der Waals surface area contributed by atoms with E-state index in [2.05, 4.69) is 15.4 Å². The zero-order chi connectivity index (χ0) is 11.7. The van der Waals surface area contributed by atoms with E-state index in [1.54, 1.807) is 18.1 Å². The van der Waals surface area contributed by atoms with Crippen LogP contribution in [-0.2, 0) is 4.79 Å². The van der Waals surface area contributed by atoms with Gasteiger partial charge >= 0.3 is 0 Å². The van der Waals surface area contributed by atoms with Gasteiger partial charge in [0.2, 0.25) is 5.91 Å². The lowest BCUT2D eigenvalue weighted by molar-refractivity contribution is -0.120. The summed E-state index contributed by atoms with van der Waals surface area (Å²) < 4.78 is 1.71. The van der Waals surface area contributed by atoms with E-state index in [0.717, 1.165) is 5.82 Å². The second-order valence-electron chi connectivity index (χ2n) is 4.27. The molecule has 16 heavy (non-hydrogen) atoms. The smallest absolute Gasteiger partial charge is 0.236 e. The van der Waals surface area contributed by atoms with Crippen molar-refractivity contribution in [2.24, 2.45) is 5.73 Å². The number of nitrogens with two attached hydrogens (primary N) is 1. The first-order chi connectivity index (χ1) is 7.63. The minimum Gasteiger partial charge on any atom is -0.368 e. The minimum absolute atomic E-state index is 0.123. The van der Waals surface area contributed by atoms with Gasteiger partial charge in [0, 0.05) is 5.92 Å². The van der Waals surface area contributed by atoms with Crippen molar-refractivity contribution in [3.05, 3.63) is 12.2 Å². The number of primary amides is 1. The normalized spacial score (nSPS) is 19.4. The Kier molecular flexibility index (Phi) is 2.91. The van der Waals surface area contributed by atoms with Crippen LogP contribution in [-0.4, -0.2) is 33.8 Å². The van der Waals surface area contributed by atoms with E-state index in [1.807, 2.05) is 6.92 Å². The molecule has 1 aliphatic rings. The van der Waals surface area contributed by atoms with Gasteiger partial charge in [-0.15, -0.1) is 0 Å². The van der Waals surface area contributed by atoms with Crippen LogP contribution in [0, 0.1) is 0 Å². The predicted molar refractivity (Wildman–Crippen MR) is 58.8 cm³/mol. The molecule has 2 unspecified atom stereocenters. The Morgan fingerprint density at radius 2 is 2.38 bits per heavy atom. The van der Waals surface area contributed by atoms with E-state index >= 15 is 0 Å². The quantitative estimate of drug-likeness (QED) is 0.723. The van der Waals surface area contributed by atoms with Crippen molar-refractivity contribution in [1.82, 2.24) is 20.1 Å². The second kappa shape index (κ2) is 4.21. The fourth-order valence-corrected chi connectivity index (χ4v) is 1.79. The lowest BCUT2D eigenvalue weighted by Gasteiger charge is -2.20. The van der Waals surface area contributed by atoms with Gasteiger partial charge in [0.05, 0.1) is 6.04 Å². The lowest BCUT2D eigenvalue weighted by atomic mass is 10.1. The van der Waals surface area contributed by atoms with Gasteiger partial charge < -0.3 is 11.1 Å². The predicted octanol–water partition coefficient (Wildman–Crippen LogP) is -0.210. The molecule has 1 heterocycles. The van der Waals surface area contributed by atoms with Crippen LogP contribution < -0.4 is 11.1 Å². The number of carbonyl (C=O) groups is 1. The highest BCUT2D eigenvalue weighted by atomic mass is 16.1. The monoisotopic (exact) mass is 223 g/mol. The topological polar surface area (TPSA) is 85.8 Å². The molecule has 0 aliphatic heterocycles. The maximum Gasteiger partial charge on any atom is 0.236 e. The van der Waals surface area contributed by atoms with Gasteiger partial charge in [-0.25, -0.2) is 9.67 Å². The molecule has 1 aromatic rings. The standard InChI is InChI=1S/C10H17N5O/c1-6(8(12-2)9(11)16)15-5-13-10(14-15)7-3-4-7/h5-8,12H,3-4H2,1-2H3,(H2,11,16). The van der Waals surface area contributed by atoms with E-state index in [0.29, 0.717) is 5.92 Å². The Morgan fingerprint density at radius 1 is 1.69 bits per heavy atom. The maximum absolute atomic E-state index is 11.2. The molecule has 3 N–H and O–H groups in total. The first-order valence-electron chi connectivity index (χ1n) is 5.51. The van der Waals surface area contributed by atoms with Crippen molar-refractivity contribution in [3.8, 4) is 0 Å². The number of rotatable bonds is 5. The highest BCUT2D eigenvalue weighted by Crippen LogP contribution is 2.37. The molecule has 0 bridgehead atoms. The zero-order valence-electron chi connectivity index (χ0n) is 9.55. The Balaban J connectivity index is 2.11. The molecule has 0 spiro atoms. The molecule has 2 rings (SSSR count). The Bertz CT molecular complexity index is 384. The van der Waals surface area contributed by atoms with Crippen molar-refractivity contribution in [1.29, 1.82) is 0 Å². The van der Waals surface area contributed by atoms with Crippen LogP contribution >= 0.6 is 0 Å². The minimum atomic E-state index is -0.422. The molecule has 0 saturated heterocycles. The number of aromatic nitrogens is 3. The number of nitrogens with one attached hydrogen (secondary N) is 1. The van der Waals surface area contributed by atoms with E-state index in [1.165, 1.54) is 12.8 Å². The maximum atomic E-state index is 11.2. The van der Waals surface area contributed by atoms with Crippen molar-refractivity contribution >= 4 is 5.91 Å². The average Bonchev–Trinajstić information content (AvgIpc) is 2.97. The fourth-order valence-electron chi connectivity index (χ4n) is 1.79. The third kappa shape index (κ3) is 2.06.